The second kappa shape index (κ2) is 10.5. The van der Waals surface area contributed by atoms with Crippen molar-refractivity contribution in [1.29, 1.82) is 0 Å². The van der Waals surface area contributed by atoms with Crippen molar-refractivity contribution in [3.8, 4) is 11.5 Å². The van der Waals surface area contributed by atoms with Gasteiger partial charge in [0.05, 0.1) is 17.0 Å². The highest BCUT2D eigenvalue weighted by molar-refractivity contribution is 9.10. The quantitative estimate of drug-likeness (QED) is 0.222. The highest BCUT2D eigenvalue weighted by Gasteiger charge is 2.34. The number of para-hydroxylation sites is 1. The van der Waals surface area contributed by atoms with Crippen LogP contribution in [0, 0.1) is 0 Å². The molecule has 1 fully saturated rings. The summed E-state index contributed by atoms with van der Waals surface area (Å²) in [4.78, 5) is 38.7. The van der Waals surface area contributed by atoms with Gasteiger partial charge in [-0.3, -0.25) is 14.5 Å². The third kappa shape index (κ3) is 5.91. The van der Waals surface area contributed by atoms with Crippen LogP contribution in [0.3, 0.4) is 0 Å². The molecule has 1 aliphatic rings. The molecule has 6 nitrogen and oxygen atoms in total. The third-order valence-corrected chi connectivity index (χ3v) is 6.05. The van der Waals surface area contributed by atoms with E-state index in [0.29, 0.717) is 27.5 Å². The van der Waals surface area contributed by atoms with Gasteiger partial charge in [0.2, 0.25) is 0 Å². The third-order valence-electron chi connectivity index (χ3n) is 4.65. The molecule has 0 N–H and O–H groups in total. The molecular formula is C25H18BrNO5S. The summed E-state index contributed by atoms with van der Waals surface area (Å²) in [5.74, 6) is 0.235. The van der Waals surface area contributed by atoms with Gasteiger partial charge in [0.15, 0.2) is 0 Å². The van der Waals surface area contributed by atoms with Gasteiger partial charge in [-0.05, 0) is 65.9 Å². The Morgan fingerprint density at radius 3 is 2.42 bits per heavy atom. The smallest absolute Gasteiger partial charge is 0.343 e. The van der Waals surface area contributed by atoms with Crippen LogP contribution in [0.4, 0.5) is 4.79 Å². The van der Waals surface area contributed by atoms with Crippen LogP contribution in [0.2, 0.25) is 0 Å². The van der Waals surface area contributed by atoms with Crippen LogP contribution < -0.4 is 9.47 Å². The first-order chi connectivity index (χ1) is 16.0. The number of benzene rings is 3. The highest BCUT2D eigenvalue weighted by atomic mass is 79.9. The molecule has 0 spiro atoms. The van der Waals surface area contributed by atoms with E-state index in [1.54, 1.807) is 48.5 Å². The summed E-state index contributed by atoms with van der Waals surface area (Å²) < 4.78 is 11.8. The van der Waals surface area contributed by atoms with E-state index in [2.05, 4.69) is 15.9 Å². The molecular weight excluding hydrogens is 506 g/mol. The van der Waals surface area contributed by atoms with Crippen molar-refractivity contribution < 1.29 is 23.9 Å². The maximum absolute atomic E-state index is 12.6. The zero-order valence-electron chi connectivity index (χ0n) is 17.3. The van der Waals surface area contributed by atoms with Gasteiger partial charge in [-0.1, -0.05) is 52.3 Å². The fourth-order valence-corrected chi connectivity index (χ4v) is 4.29. The van der Waals surface area contributed by atoms with E-state index in [1.165, 1.54) is 4.90 Å². The Hall–Kier alpha value is -3.36. The molecule has 0 saturated carbocycles. The minimum Gasteiger partial charge on any atom is -0.492 e. The lowest BCUT2D eigenvalue weighted by Gasteiger charge is -2.13. The number of hydrogen-bond acceptors (Lipinski definition) is 6. The number of carbonyl (C=O) groups excluding carboxylic acids is 3. The molecule has 4 rings (SSSR count). The van der Waals surface area contributed by atoms with E-state index in [1.807, 2.05) is 36.4 Å². The van der Waals surface area contributed by atoms with Gasteiger partial charge < -0.3 is 9.47 Å². The molecule has 0 unspecified atom stereocenters. The normalized spacial score (nSPS) is 14.6. The van der Waals surface area contributed by atoms with Gasteiger partial charge in [0, 0.05) is 4.47 Å². The number of imide groups is 1. The van der Waals surface area contributed by atoms with Crippen molar-refractivity contribution in [2.75, 3.05) is 13.2 Å². The van der Waals surface area contributed by atoms with Crippen molar-refractivity contribution >= 4 is 50.9 Å². The number of esters is 1. The summed E-state index contributed by atoms with van der Waals surface area (Å²) in [5.41, 5.74) is 1.14. The van der Waals surface area contributed by atoms with Crippen LogP contribution in [0.5, 0.6) is 11.5 Å². The second-order valence-corrected chi connectivity index (χ2v) is 8.87. The van der Waals surface area contributed by atoms with Crippen LogP contribution in [-0.2, 0) is 4.79 Å². The Morgan fingerprint density at radius 1 is 0.939 bits per heavy atom. The van der Waals surface area contributed by atoms with Crippen LogP contribution >= 0.6 is 27.7 Å². The van der Waals surface area contributed by atoms with E-state index in [0.717, 1.165) is 16.2 Å². The number of hydrogen-bond donors (Lipinski definition) is 0. The monoisotopic (exact) mass is 523 g/mol. The Labute approximate surface area is 203 Å². The summed E-state index contributed by atoms with van der Waals surface area (Å²) in [6.45, 7) is 0.384. The predicted molar refractivity (Wildman–Crippen MR) is 130 cm³/mol. The van der Waals surface area contributed by atoms with E-state index in [-0.39, 0.29) is 24.3 Å². The molecule has 166 valence electrons. The molecule has 1 saturated heterocycles. The van der Waals surface area contributed by atoms with Crippen molar-refractivity contribution in [3.05, 3.63) is 99.4 Å². The van der Waals surface area contributed by atoms with E-state index < -0.39 is 5.97 Å². The fourth-order valence-electron chi connectivity index (χ4n) is 3.03. The van der Waals surface area contributed by atoms with Crippen LogP contribution in [0.25, 0.3) is 6.08 Å². The summed E-state index contributed by atoms with van der Waals surface area (Å²) in [7, 11) is 0. The summed E-state index contributed by atoms with van der Waals surface area (Å²) >= 11 is 4.22. The molecule has 8 heteroatoms. The minimum atomic E-state index is -0.470. The number of carbonyl (C=O) groups is 3. The average Bonchev–Trinajstić information content (AvgIpc) is 3.08. The number of nitrogens with zero attached hydrogens (tertiary/aromatic N) is 1. The molecule has 33 heavy (non-hydrogen) atoms. The zero-order chi connectivity index (χ0) is 23.2. The second-order valence-electron chi connectivity index (χ2n) is 6.96. The number of ether oxygens (including phenoxy) is 2. The summed E-state index contributed by atoms with van der Waals surface area (Å²) in [5, 5.41) is -0.331. The van der Waals surface area contributed by atoms with E-state index in [4.69, 9.17) is 9.47 Å². The van der Waals surface area contributed by atoms with Gasteiger partial charge in [0.1, 0.15) is 18.1 Å². The molecule has 0 bridgehead atoms. The SMILES string of the molecule is O=C(Oc1ccc(/C=C2\SC(=O)N(CCOc3ccccc3)C2=O)cc1)c1cccc(Br)c1. The van der Waals surface area contributed by atoms with Gasteiger partial charge in [-0.2, -0.15) is 0 Å². The number of amides is 2. The molecule has 2 amide bonds. The molecule has 1 aliphatic heterocycles. The first kappa shape index (κ1) is 22.8. The molecule has 1 heterocycles. The van der Waals surface area contributed by atoms with Crippen molar-refractivity contribution in [2.24, 2.45) is 0 Å². The molecule has 0 aromatic heterocycles. The number of thioether (sulfide) groups is 1. The lowest BCUT2D eigenvalue weighted by atomic mass is 10.2. The van der Waals surface area contributed by atoms with Gasteiger partial charge in [-0.15, -0.1) is 0 Å². The first-order valence-electron chi connectivity index (χ1n) is 10.0. The molecule has 0 radical (unpaired) electrons. The summed E-state index contributed by atoms with van der Waals surface area (Å²) in [6, 6.07) is 22.9. The molecule has 3 aromatic rings. The summed E-state index contributed by atoms with van der Waals surface area (Å²) in [6.07, 6.45) is 1.64. The van der Waals surface area contributed by atoms with Gasteiger partial charge >= 0.3 is 5.97 Å². The van der Waals surface area contributed by atoms with Crippen molar-refractivity contribution in [1.82, 2.24) is 4.90 Å². The van der Waals surface area contributed by atoms with Gasteiger partial charge in [0.25, 0.3) is 11.1 Å². The Balaban J connectivity index is 1.36. The molecule has 0 atom stereocenters. The zero-order valence-corrected chi connectivity index (χ0v) is 19.7. The van der Waals surface area contributed by atoms with Crippen molar-refractivity contribution in [2.45, 2.75) is 0 Å². The standard InChI is InChI=1S/C25H18BrNO5S/c26-19-6-4-5-18(16-19)24(29)32-21-11-9-17(10-12-21)15-22-23(28)27(25(30)33-22)13-14-31-20-7-2-1-3-8-20/h1-12,15-16H,13-14H2/b22-15-. The number of rotatable bonds is 7. The van der Waals surface area contributed by atoms with E-state index in [9.17, 15) is 14.4 Å². The topological polar surface area (TPSA) is 72.9 Å². The predicted octanol–water partition coefficient (Wildman–Crippen LogP) is 5.78. The Morgan fingerprint density at radius 2 is 1.70 bits per heavy atom. The average molecular weight is 524 g/mol. The van der Waals surface area contributed by atoms with Gasteiger partial charge in [-0.25, -0.2) is 4.79 Å². The Kier molecular flexibility index (Phi) is 7.26. The maximum Gasteiger partial charge on any atom is 0.343 e. The number of halogens is 1. The lowest BCUT2D eigenvalue weighted by molar-refractivity contribution is -0.123. The Bertz CT molecular complexity index is 1210. The van der Waals surface area contributed by atoms with E-state index >= 15 is 0 Å². The lowest BCUT2D eigenvalue weighted by Crippen LogP contribution is -2.32. The fraction of sp³-hybridized carbons (Fsp3) is 0.0800. The van der Waals surface area contributed by atoms with Crippen LogP contribution in [0.1, 0.15) is 15.9 Å². The largest absolute Gasteiger partial charge is 0.492 e. The maximum atomic E-state index is 12.6. The molecule has 0 aliphatic carbocycles. The van der Waals surface area contributed by atoms with Crippen molar-refractivity contribution in [3.63, 3.8) is 0 Å². The highest BCUT2D eigenvalue weighted by Crippen LogP contribution is 2.32. The van der Waals surface area contributed by atoms with Crippen LogP contribution in [-0.4, -0.2) is 35.2 Å². The molecule has 3 aromatic carbocycles. The van der Waals surface area contributed by atoms with Crippen LogP contribution in [0.15, 0.2) is 88.2 Å². The first-order valence-corrected chi connectivity index (χ1v) is 11.6. The minimum absolute atomic E-state index is 0.168.